The summed E-state index contributed by atoms with van der Waals surface area (Å²) < 4.78 is 11.0. The predicted molar refractivity (Wildman–Crippen MR) is 117 cm³/mol. The van der Waals surface area contributed by atoms with Gasteiger partial charge in [0.05, 0.1) is 12.2 Å². The molecule has 4 heteroatoms. The number of hydrogen-bond acceptors (Lipinski definition) is 4. The van der Waals surface area contributed by atoms with Gasteiger partial charge in [-0.25, -0.2) is 4.79 Å². The van der Waals surface area contributed by atoms with E-state index in [0.717, 1.165) is 22.6 Å². The van der Waals surface area contributed by atoms with E-state index in [1.165, 1.54) is 5.56 Å². The Morgan fingerprint density at radius 1 is 0.931 bits per heavy atom. The van der Waals surface area contributed by atoms with Crippen LogP contribution >= 0.6 is 0 Å². The molecule has 3 rings (SSSR count). The molecule has 0 saturated heterocycles. The van der Waals surface area contributed by atoms with Crippen LogP contribution in [0.15, 0.2) is 85.1 Å². The SMILES string of the molecule is CCOC(=O)/C(=C\Nc1ccc(C)cc1)c1ccc(OCc2ccccc2)cc1. The largest absolute Gasteiger partial charge is 0.489 e. The second-order valence-corrected chi connectivity index (χ2v) is 6.59. The summed E-state index contributed by atoms with van der Waals surface area (Å²) in [5.74, 6) is 0.373. The minimum Gasteiger partial charge on any atom is -0.489 e. The molecule has 0 atom stereocenters. The van der Waals surface area contributed by atoms with E-state index in [-0.39, 0.29) is 5.97 Å². The van der Waals surface area contributed by atoms with Crippen LogP contribution in [0.5, 0.6) is 5.75 Å². The molecule has 3 aromatic carbocycles. The molecular formula is C25H25NO3. The van der Waals surface area contributed by atoms with Crippen molar-refractivity contribution in [2.45, 2.75) is 20.5 Å². The van der Waals surface area contributed by atoms with Gasteiger partial charge < -0.3 is 14.8 Å². The molecule has 0 bridgehead atoms. The van der Waals surface area contributed by atoms with Gasteiger partial charge in [0.25, 0.3) is 0 Å². The maximum Gasteiger partial charge on any atom is 0.340 e. The average molecular weight is 387 g/mol. The van der Waals surface area contributed by atoms with Crippen molar-refractivity contribution in [1.82, 2.24) is 0 Å². The third-order valence-corrected chi connectivity index (χ3v) is 4.34. The van der Waals surface area contributed by atoms with Gasteiger partial charge >= 0.3 is 5.97 Å². The van der Waals surface area contributed by atoms with Crippen molar-refractivity contribution in [3.63, 3.8) is 0 Å². The summed E-state index contributed by atoms with van der Waals surface area (Å²) in [5.41, 5.74) is 4.40. The molecule has 29 heavy (non-hydrogen) atoms. The number of nitrogens with one attached hydrogen (secondary N) is 1. The van der Waals surface area contributed by atoms with Crippen LogP contribution in [-0.2, 0) is 16.1 Å². The normalized spacial score (nSPS) is 11.0. The molecule has 0 radical (unpaired) electrons. The predicted octanol–water partition coefficient (Wildman–Crippen LogP) is 5.59. The zero-order valence-corrected chi connectivity index (χ0v) is 16.7. The third kappa shape index (κ3) is 5.98. The van der Waals surface area contributed by atoms with Crippen LogP contribution in [0.4, 0.5) is 5.69 Å². The smallest absolute Gasteiger partial charge is 0.340 e. The number of hydrogen-bond donors (Lipinski definition) is 1. The molecule has 0 fully saturated rings. The van der Waals surface area contributed by atoms with Crippen LogP contribution in [0.25, 0.3) is 5.57 Å². The fraction of sp³-hybridized carbons (Fsp3) is 0.160. The van der Waals surface area contributed by atoms with Crippen molar-refractivity contribution in [3.8, 4) is 5.75 Å². The molecule has 0 aromatic heterocycles. The lowest BCUT2D eigenvalue weighted by molar-refractivity contribution is -0.136. The fourth-order valence-corrected chi connectivity index (χ4v) is 2.75. The van der Waals surface area contributed by atoms with E-state index in [4.69, 9.17) is 9.47 Å². The molecule has 0 amide bonds. The lowest BCUT2D eigenvalue weighted by Crippen LogP contribution is -2.08. The number of carbonyl (C=O) groups excluding carboxylic acids is 1. The minimum atomic E-state index is -0.370. The Morgan fingerprint density at radius 3 is 2.28 bits per heavy atom. The molecule has 0 unspecified atom stereocenters. The maximum atomic E-state index is 12.5. The van der Waals surface area contributed by atoms with Crippen LogP contribution < -0.4 is 10.1 Å². The molecule has 0 spiro atoms. The molecule has 4 nitrogen and oxygen atoms in total. The molecule has 0 aliphatic heterocycles. The Labute approximate surface area is 171 Å². The summed E-state index contributed by atoms with van der Waals surface area (Å²) in [6, 6.07) is 25.4. The standard InChI is InChI=1S/C25H25NO3/c1-3-28-25(27)24(17-26-22-13-9-19(2)10-14-22)21-11-15-23(16-12-21)29-18-20-7-5-4-6-8-20/h4-17,26H,3,18H2,1-2H3/b24-17-. The molecule has 0 aliphatic carbocycles. The van der Waals surface area contributed by atoms with E-state index < -0.39 is 0 Å². The molecule has 148 valence electrons. The van der Waals surface area contributed by atoms with Crippen LogP contribution in [0.1, 0.15) is 23.6 Å². The first kappa shape index (κ1) is 20.2. The quantitative estimate of drug-likeness (QED) is 0.404. The van der Waals surface area contributed by atoms with Crippen molar-refractivity contribution in [3.05, 3.63) is 102 Å². The Hall–Kier alpha value is -3.53. The zero-order valence-electron chi connectivity index (χ0n) is 16.7. The molecule has 0 saturated carbocycles. The first-order chi connectivity index (χ1) is 14.2. The van der Waals surface area contributed by atoms with Gasteiger partial charge in [-0.05, 0) is 49.2 Å². The van der Waals surface area contributed by atoms with Crippen LogP contribution in [0.3, 0.4) is 0 Å². The van der Waals surface area contributed by atoms with Crippen molar-refractivity contribution in [1.29, 1.82) is 0 Å². The van der Waals surface area contributed by atoms with Crippen molar-refractivity contribution >= 4 is 17.2 Å². The van der Waals surface area contributed by atoms with E-state index >= 15 is 0 Å². The van der Waals surface area contributed by atoms with Crippen LogP contribution in [0.2, 0.25) is 0 Å². The number of carbonyl (C=O) groups is 1. The molecule has 1 N–H and O–H groups in total. The van der Waals surface area contributed by atoms with Gasteiger partial charge in [-0.2, -0.15) is 0 Å². The minimum absolute atomic E-state index is 0.318. The summed E-state index contributed by atoms with van der Waals surface area (Å²) >= 11 is 0. The summed E-state index contributed by atoms with van der Waals surface area (Å²) in [4.78, 5) is 12.5. The number of esters is 1. The van der Waals surface area contributed by atoms with Crippen molar-refractivity contribution in [2.24, 2.45) is 0 Å². The van der Waals surface area contributed by atoms with Gasteiger partial charge in [-0.15, -0.1) is 0 Å². The highest BCUT2D eigenvalue weighted by Crippen LogP contribution is 2.22. The Balaban J connectivity index is 1.73. The van der Waals surface area contributed by atoms with E-state index in [1.807, 2.05) is 85.8 Å². The van der Waals surface area contributed by atoms with Crippen LogP contribution in [0, 0.1) is 6.92 Å². The highest BCUT2D eigenvalue weighted by Gasteiger charge is 2.13. The molecule has 0 aliphatic rings. The Morgan fingerprint density at radius 2 is 1.62 bits per heavy atom. The topological polar surface area (TPSA) is 47.6 Å². The van der Waals surface area contributed by atoms with Crippen molar-refractivity contribution in [2.75, 3.05) is 11.9 Å². The van der Waals surface area contributed by atoms with Gasteiger partial charge in [0, 0.05) is 11.9 Å². The monoisotopic (exact) mass is 387 g/mol. The molecule has 3 aromatic rings. The summed E-state index contributed by atoms with van der Waals surface area (Å²) in [7, 11) is 0. The van der Waals surface area contributed by atoms with Gasteiger partial charge in [0.1, 0.15) is 12.4 Å². The molecular weight excluding hydrogens is 362 g/mol. The Kier molecular flexibility index (Phi) is 7.06. The lowest BCUT2D eigenvalue weighted by Gasteiger charge is -2.11. The highest BCUT2D eigenvalue weighted by molar-refractivity contribution is 6.16. The maximum absolute atomic E-state index is 12.5. The first-order valence-electron chi connectivity index (χ1n) is 9.63. The first-order valence-corrected chi connectivity index (χ1v) is 9.63. The highest BCUT2D eigenvalue weighted by atomic mass is 16.5. The average Bonchev–Trinajstić information content (AvgIpc) is 2.75. The zero-order chi connectivity index (χ0) is 20.5. The van der Waals surface area contributed by atoms with E-state index in [2.05, 4.69) is 5.32 Å². The second-order valence-electron chi connectivity index (χ2n) is 6.59. The summed E-state index contributed by atoms with van der Waals surface area (Å²) in [6.07, 6.45) is 1.68. The second kappa shape index (κ2) is 10.1. The van der Waals surface area contributed by atoms with E-state index in [0.29, 0.717) is 18.8 Å². The van der Waals surface area contributed by atoms with Gasteiger partial charge in [-0.3, -0.25) is 0 Å². The van der Waals surface area contributed by atoms with Gasteiger partial charge in [-0.1, -0.05) is 60.2 Å². The lowest BCUT2D eigenvalue weighted by atomic mass is 10.1. The van der Waals surface area contributed by atoms with Gasteiger partial charge in [0.15, 0.2) is 0 Å². The van der Waals surface area contributed by atoms with E-state index in [1.54, 1.807) is 13.1 Å². The number of ether oxygens (including phenoxy) is 2. The Bertz CT molecular complexity index is 946. The number of anilines is 1. The fourth-order valence-electron chi connectivity index (χ4n) is 2.75. The van der Waals surface area contributed by atoms with Crippen LogP contribution in [-0.4, -0.2) is 12.6 Å². The van der Waals surface area contributed by atoms with Crippen molar-refractivity contribution < 1.29 is 14.3 Å². The summed E-state index contributed by atoms with van der Waals surface area (Å²) in [5, 5.41) is 3.18. The number of aryl methyl sites for hydroxylation is 1. The van der Waals surface area contributed by atoms with E-state index in [9.17, 15) is 4.79 Å². The third-order valence-electron chi connectivity index (χ3n) is 4.34. The summed E-state index contributed by atoms with van der Waals surface area (Å²) in [6.45, 7) is 4.64. The molecule has 0 heterocycles. The van der Waals surface area contributed by atoms with Gasteiger partial charge in [0.2, 0.25) is 0 Å². The number of benzene rings is 3. The number of rotatable bonds is 8.